The Hall–Kier alpha value is -3.69. The van der Waals surface area contributed by atoms with Crippen LogP contribution in [-0.2, 0) is 35.0 Å². The van der Waals surface area contributed by atoms with Crippen LogP contribution < -0.4 is 10.4 Å². The standard InChI is InChI=1S/C32H39NO9/c1-7-28(36)41-26-10-11-30(4)24(31(26,5)17-38-18(2)34)15-27(39-19(3)35)32(6)25(30)13-21-23(42-32)14-22(40-29(21)37)20-9-8-12-33-16-20/h8-9,12,14,16,24-27H,7,10-11,13,15,17H2,1-6H3/t24-,25-,26+,27+,30+,31+,32+/m1/s1. The van der Waals surface area contributed by atoms with Gasteiger partial charge in [-0.15, -0.1) is 0 Å². The molecule has 2 aliphatic carbocycles. The van der Waals surface area contributed by atoms with Crippen LogP contribution in [0.2, 0.25) is 0 Å². The zero-order valence-corrected chi connectivity index (χ0v) is 25.1. The molecule has 0 unspecified atom stereocenters. The minimum atomic E-state index is -0.973. The lowest BCUT2D eigenvalue weighted by atomic mass is 9.43. The highest BCUT2D eigenvalue weighted by Gasteiger charge is 2.68. The number of hydrogen-bond acceptors (Lipinski definition) is 10. The van der Waals surface area contributed by atoms with Crippen LogP contribution >= 0.6 is 0 Å². The number of pyridine rings is 1. The molecule has 3 heterocycles. The summed E-state index contributed by atoms with van der Waals surface area (Å²) in [4.78, 5) is 54.4. The van der Waals surface area contributed by atoms with E-state index in [4.69, 9.17) is 23.4 Å². The molecule has 0 saturated heterocycles. The van der Waals surface area contributed by atoms with E-state index in [-0.39, 0.29) is 30.8 Å². The summed E-state index contributed by atoms with van der Waals surface area (Å²) < 4.78 is 30.0. The van der Waals surface area contributed by atoms with Gasteiger partial charge in [0.2, 0.25) is 0 Å². The molecule has 226 valence electrons. The van der Waals surface area contributed by atoms with E-state index in [1.807, 2.05) is 13.8 Å². The van der Waals surface area contributed by atoms with Gasteiger partial charge in [0.05, 0.1) is 5.56 Å². The van der Waals surface area contributed by atoms with Crippen LogP contribution in [0.3, 0.4) is 0 Å². The monoisotopic (exact) mass is 581 g/mol. The van der Waals surface area contributed by atoms with Crippen molar-refractivity contribution in [2.75, 3.05) is 6.61 Å². The largest absolute Gasteiger partial charge is 0.483 e. The van der Waals surface area contributed by atoms with Crippen LogP contribution in [0.1, 0.15) is 72.8 Å². The third-order valence-corrected chi connectivity index (χ3v) is 10.00. The van der Waals surface area contributed by atoms with Gasteiger partial charge in [-0.3, -0.25) is 19.4 Å². The van der Waals surface area contributed by atoms with Gasteiger partial charge < -0.3 is 23.4 Å². The lowest BCUT2D eigenvalue weighted by molar-refractivity contribution is -0.251. The number of ether oxygens (including phenoxy) is 4. The summed E-state index contributed by atoms with van der Waals surface area (Å²) in [7, 11) is 0. The number of esters is 3. The molecule has 3 aliphatic rings. The zero-order chi connectivity index (χ0) is 30.4. The third-order valence-electron chi connectivity index (χ3n) is 10.00. The highest BCUT2D eigenvalue weighted by atomic mass is 16.6. The van der Waals surface area contributed by atoms with E-state index in [2.05, 4.69) is 11.9 Å². The molecule has 0 aromatic carbocycles. The molecule has 0 N–H and O–H groups in total. The van der Waals surface area contributed by atoms with Gasteiger partial charge >= 0.3 is 23.5 Å². The van der Waals surface area contributed by atoms with Gasteiger partial charge in [-0.2, -0.15) is 0 Å². The molecule has 10 nitrogen and oxygen atoms in total. The molecule has 0 radical (unpaired) electrons. The number of aromatic nitrogens is 1. The first kappa shape index (κ1) is 29.8. The molecular weight excluding hydrogens is 542 g/mol. The maximum absolute atomic E-state index is 13.4. The SMILES string of the molecule is CCC(=O)O[C@H]1CC[C@@]2(C)[C@@H](C[C@H](OC(C)=O)[C@@]3(C)Oc4cc(-c5cccnc5)oc(=O)c4C[C@H]23)[C@]1(C)COC(C)=O. The zero-order valence-electron chi connectivity index (χ0n) is 25.1. The molecule has 2 saturated carbocycles. The average molecular weight is 582 g/mol. The van der Waals surface area contributed by atoms with Crippen molar-refractivity contribution in [3.63, 3.8) is 0 Å². The van der Waals surface area contributed by atoms with Gasteiger partial charge in [0.25, 0.3) is 0 Å². The first-order valence-electron chi connectivity index (χ1n) is 14.6. The second-order valence-corrected chi connectivity index (χ2v) is 12.6. The Kier molecular flexibility index (Phi) is 7.70. The van der Waals surface area contributed by atoms with E-state index < -0.39 is 46.2 Å². The molecule has 2 fully saturated rings. The maximum Gasteiger partial charge on any atom is 0.343 e. The van der Waals surface area contributed by atoms with E-state index in [1.165, 1.54) is 13.8 Å². The minimum Gasteiger partial charge on any atom is -0.483 e. The van der Waals surface area contributed by atoms with Crippen molar-refractivity contribution < 1.29 is 37.7 Å². The van der Waals surface area contributed by atoms with Crippen molar-refractivity contribution >= 4 is 17.9 Å². The highest BCUT2D eigenvalue weighted by Crippen LogP contribution is 2.65. The van der Waals surface area contributed by atoms with Gasteiger partial charge in [0.15, 0.2) is 0 Å². The maximum atomic E-state index is 13.4. The Labute approximate surface area is 245 Å². The van der Waals surface area contributed by atoms with Crippen molar-refractivity contribution in [3.05, 3.63) is 46.6 Å². The lowest BCUT2D eigenvalue weighted by Crippen LogP contribution is -2.70. The first-order chi connectivity index (χ1) is 19.8. The predicted molar refractivity (Wildman–Crippen MR) is 150 cm³/mol. The Morgan fingerprint density at radius 2 is 1.83 bits per heavy atom. The van der Waals surface area contributed by atoms with Crippen molar-refractivity contribution in [1.82, 2.24) is 4.98 Å². The Morgan fingerprint density at radius 1 is 1.07 bits per heavy atom. The fourth-order valence-electron chi connectivity index (χ4n) is 7.90. The average Bonchev–Trinajstić information content (AvgIpc) is 2.94. The van der Waals surface area contributed by atoms with Crippen molar-refractivity contribution in [2.24, 2.45) is 22.7 Å². The number of hydrogen-bond donors (Lipinski definition) is 0. The minimum absolute atomic E-state index is 0.0362. The Morgan fingerprint density at radius 3 is 2.48 bits per heavy atom. The summed E-state index contributed by atoms with van der Waals surface area (Å²) in [6.45, 7) is 10.6. The Balaban J connectivity index is 1.61. The van der Waals surface area contributed by atoms with Crippen LogP contribution in [0.5, 0.6) is 5.75 Å². The number of carbonyl (C=O) groups excluding carboxylic acids is 3. The molecule has 10 heteroatoms. The number of nitrogens with zero attached hydrogens (tertiary/aromatic N) is 1. The van der Waals surface area contributed by atoms with Gasteiger partial charge in [-0.05, 0) is 56.1 Å². The second kappa shape index (κ2) is 10.9. The molecule has 2 aromatic rings. The number of carbonyl (C=O) groups is 3. The lowest BCUT2D eigenvalue weighted by Gasteiger charge is -2.65. The van der Waals surface area contributed by atoms with Gasteiger partial charge in [0.1, 0.15) is 35.9 Å². The first-order valence-corrected chi connectivity index (χ1v) is 14.6. The van der Waals surface area contributed by atoms with Crippen LogP contribution in [0.15, 0.2) is 39.8 Å². The molecule has 7 atom stereocenters. The highest BCUT2D eigenvalue weighted by molar-refractivity contribution is 5.69. The topological polar surface area (TPSA) is 131 Å². The van der Waals surface area contributed by atoms with E-state index in [1.54, 1.807) is 37.5 Å². The van der Waals surface area contributed by atoms with Gasteiger partial charge in [0, 0.05) is 55.6 Å². The van der Waals surface area contributed by atoms with Crippen molar-refractivity contribution in [1.29, 1.82) is 0 Å². The van der Waals surface area contributed by atoms with E-state index in [9.17, 15) is 19.2 Å². The van der Waals surface area contributed by atoms with Crippen LogP contribution in [0.25, 0.3) is 11.3 Å². The fourth-order valence-corrected chi connectivity index (χ4v) is 7.90. The summed E-state index contributed by atoms with van der Waals surface area (Å²) in [6, 6.07) is 5.26. The smallest absolute Gasteiger partial charge is 0.343 e. The van der Waals surface area contributed by atoms with Gasteiger partial charge in [-0.1, -0.05) is 20.8 Å². The molecule has 0 bridgehead atoms. The predicted octanol–water partition coefficient (Wildman–Crippen LogP) is 4.65. The summed E-state index contributed by atoms with van der Waals surface area (Å²) in [5.74, 6) is -0.950. The second-order valence-electron chi connectivity index (χ2n) is 12.6. The molecule has 0 spiro atoms. The molecule has 42 heavy (non-hydrogen) atoms. The van der Waals surface area contributed by atoms with E-state index in [0.29, 0.717) is 48.3 Å². The van der Waals surface area contributed by atoms with Crippen LogP contribution in [-0.4, -0.2) is 47.3 Å². The van der Waals surface area contributed by atoms with E-state index in [0.717, 1.165) is 0 Å². The Bertz CT molecular complexity index is 1440. The summed E-state index contributed by atoms with van der Waals surface area (Å²) in [5.41, 5.74) is -1.63. The summed E-state index contributed by atoms with van der Waals surface area (Å²) >= 11 is 0. The summed E-state index contributed by atoms with van der Waals surface area (Å²) in [5, 5.41) is 0. The van der Waals surface area contributed by atoms with Crippen molar-refractivity contribution in [3.8, 4) is 17.1 Å². The molecule has 0 amide bonds. The molecule has 1 aliphatic heterocycles. The number of fused-ring (bicyclic) bond motifs is 4. The van der Waals surface area contributed by atoms with Gasteiger partial charge in [-0.25, -0.2) is 4.79 Å². The normalized spacial score (nSPS) is 33.2. The number of rotatable bonds is 6. The quantitative estimate of drug-likeness (QED) is 0.351. The fraction of sp³-hybridized carbons (Fsp3) is 0.594. The molecule has 5 rings (SSSR count). The van der Waals surface area contributed by atoms with Crippen molar-refractivity contribution in [2.45, 2.75) is 91.5 Å². The summed E-state index contributed by atoms with van der Waals surface area (Å²) in [6.07, 6.45) is 4.23. The third kappa shape index (κ3) is 4.98. The molecule has 2 aromatic heterocycles. The molecular formula is C32H39NO9. The van der Waals surface area contributed by atoms with E-state index >= 15 is 0 Å². The van der Waals surface area contributed by atoms with Crippen LogP contribution in [0, 0.1) is 22.7 Å². The van der Waals surface area contributed by atoms with Crippen LogP contribution in [0.4, 0.5) is 0 Å².